The van der Waals surface area contributed by atoms with Crippen molar-refractivity contribution in [3.8, 4) is 0 Å². The lowest BCUT2D eigenvalue weighted by molar-refractivity contribution is -0.130. The number of aromatic nitrogens is 1. The number of benzene rings is 1. The summed E-state index contributed by atoms with van der Waals surface area (Å²) in [4.78, 5) is 16.5. The van der Waals surface area contributed by atoms with Gasteiger partial charge in [0.15, 0.2) is 0 Å². The molecule has 1 aliphatic heterocycles. The second-order valence-electron chi connectivity index (χ2n) is 5.67. The standard InChI is InChI=1S/C18H14ClN3O2/c1-11(23)22-16(10-15(21-22)17-7-4-8-24-17)13-9-12-5-2-3-6-14(12)20-18(13)19/h2-9,16H,10H2,1H3. The minimum absolute atomic E-state index is 0.147. The van der Waals surface area contributed by atoms with E-state index in [4.69, 9.17) is 16.0 Å². The van der Waals surface area contributed by atoms with Crippen LogP contribution in [0.2, 0.25) is 5.15 Å². The molecule has 1 aromatic carbocycles. The topological polar surface area (TPSA) is 58.7 Å². The molecule has 0 saturated heterocycles. The van der Waals surface area contributed by atoms with E-state index >= 15 is 0 Å². The second-order valence-corrected chi connectivity index (χ2v) is 6.03. The molecular formula is C18H14ClN3O2. The fraction of sp³-hybridized carbons (Fsp3) is 0.167. The van der Waals surface area contributed by atoms with Crippen LogP contribution in [0.3, 0.4) is 0 Å². The van der Waals surface area contributed by atoms with Crippen LogP contribution < -0.4 is 0 Å². The number of hydrogen-bond donors (Lipinski definition) is 0. The largest absolute Gasteiger partial charge is 0.463 e. The SMILES string of the molecule is CC(=O)N1N=C(c2ccco2)CC1c1cc2ccccc2nc1Cl. The van der Waals surface area contributed by atoms with Crippen molar-refractivity contribution < 1.29 is 9.21 Å². The number of halogens is 1. The fourth-order valence-corrected chi connectivity index (χ4v) is 3.25. The maximum absolute atomic E-state index is 12.0. The van der Waals surface area contributed by atoms with E-state index in [1.54, 1.807) is 12.3 Å². The second kappa shape index (κ2) is 5.76. The minimum atomic E-state index is -0.285. The lowest BCUT2D eigenvalue weighted by Gasteiger charge is -2.21. The van der Waals surface area contributed by atoms with Gasteiger partial charge in [-0.3, -0.25) is 4.79 Å². The van der Waals surface area contributed by atoms with Gasteiger partial charge < -0.3 is 4.42 Å². The molecule has 0 spiro atoms. The van der Waals surface area contributed by atoms with Crippen LogP contribution in [0, 0.1) is 0 Å². The molecule has 0 bridgehead atoms. The highest BCUT2D eigenvalue weighted by Crippen LogP contribution is 2.37. The Bertz CT molecular complexity index is 950. The molecule has 5 nitrogen and oxygen atoms in total. The molecule has 0 fully saturated rings. The summed E-state index contributed by atoms with van der Waals surface area (Å²) in [5.41, 5.74) is 2.34. The molecule has 6 heteroatoms. The number of fused-ring (bicyclic) bond motifs is 1. The predicted molar refractivity (Wildman–Crippen MR) is 91.9 cm³/mol. The van der Waals surface area contributed by atoms with Gasteiger partial charge in [-0.05, 0) is 24.3 Å². The van der Waals surface area contributed by atoms with Crippen LogP contribution in [-0.2, 0) is 4.79 Å². The van der Waals surface area contributed by atoms with E-state index in [0.29, 0.717) is 17.3 Å². The summed E-state index contributed by atoms with van der Waals surface area (Å²) >= 11 is 6.40. The molecule has 1 atom stereocenters. The van der Waals surface area contributed by atoms with Crippen molar-refractivity contribution in [3.05, 3.63) is 65.2 Å². The highest BCUT2D eigenvalue weighted by atomic mass is 35.5. The summed E-state index contributed by atoms with van der Waals surface area (Å²) in [5.74, 6) is 0.513. The fourth-order valence-electron chi connectivity index (χ4n) is 2.98. The molecule has 120 valence electrons. The van der Waals surface area contributed by atoms with Gasteiger partial charge in [0.2, 0.25) is 5.91 Å². The molecule has 1 unspecified atom stereocenters. The first-order chi connectivity index (χ1) is 11.6. The Balaban J connectivity index is 1.78. The number of hydrazone groups is 1. The highest BCUT2D eigenvalue weighted by Gasteiger charge is 2.34. The molecule has 24 heavy (non-hydrogen) atoms. The van der Waals surface area contributed by atoms with Crippen LogP contribution in [0.5, 0.6) is 0 Å². The number of amides is 1. The van der Waals surface area contributed by atoms with Crippen molar-refractivity contribution in [2.75, 3.05) is 0 Å². The third kappa shape index (κ3) is 2.47. The van der Waals surface area contributed by atoms with E-state index in [1.807, 2.05) is 36.4 Å². The molecule has 0 radical (unpaired) electrons. The summed E-state index contributed by atoms with van der Waals surface area (Å²) in [7, 11) is 0. The van der Waals surface area contributed by atoms with Gasteiger partial charge in [0.05, 0.1) is 17.8 Å². The first-order valence-electron chi connectivity index (χ1n) is 7.60. The molecule has 3 heterocycles. The summed E-state index contributed by atoms with van der Waals surface area (Å²) in [6.45, 7) is 1.49. The van der Waals surface area contributed by atoms with Crippen LogP contribution >= 0.6 is 11.6 Å². The van der Waals surface area contributed by atoms with Crippen molar-refractivity contribution in [1.29, 1.82) is 0 Å². The van der Waals surface area contributed by atoms with Crippen molar-refractivity contribution in [2.24, 2.45) is 5.10 Å². The molecule has 0 aliphatic carbocycles. The molecule has 4 rings (SSSR count). The van der Waals surface area contributed by atoms with E-state index in [-0.39, 0.29) is 11.9 Å². The van der Waals surface area contributed by atoms with Gasteiger partial charge in [0, 0.05) is 24.3 Å². The van der Waals surface area contributed by atoms with Crippen molar-refractivity contribution in [3.63, 3.8) is 0 Å². The summed E-state index contributed by atoms with van der Waals surface area (Å²) < 4.78 is 5.41. The zero-order valence-corrected chi connectivity index (χ0v) is 13.7. The quantitative estimate of drug-likeness (QED) is 0.658. The van der Waals surface area contributed by atoms with Gasteiger partial charge in [-0.2, -0.15) is 5.10 Å². The number of nitrogens with zero attached hydrogens (tertiary/aromatic N) is 3. The number of carbonyl (C=O) groups is 1. The first-order valence-corrected chi connectivity index (χ1v) is 7.97. The molecule has 0 saturated carbocycles. The molecular weight excluding hydrogens is 326 g/mol. The van der Waals surface area contributed by atoms with E-state index in [0.717, 1.165) is 22.2 Å². The number of pyridine rings is 1. The van der Waals surface area contributed by atoms with E-state index in [2.05, 4.69) is 10.1 Å². The van der Waals surface area contributed by atoms with Gasteiger partial charge in [-0.15, -0.1) is 0 Å². The van der Waals surface area contributed by atoms with Crippen molar-refractivity contribution in [2.45, 2.75) is 19.4 Å². The maximum Gasteiger partial charge on any atom is 0.240 e. The summed E-state index contributed by atoms with van der Waals surface area (Å²) in [5, 5.41) is 7.25. The zero-order valence-electron chi connectivity index (χ0n) is 12.9. The van der Waals surface area contributed by atoms with Gasteiger partial charge >= 0.3 is 0 Å². The molecule has 3 aromatic rings. The number of para-hydroxylation sites is 1. The van der Waals surface area contributed by atoms with E-state index in [1.165, 1.54) is 11.9 Å². The Labute approximate surface area is 143 Å². The summed E-state index contributed by atoms with van der Waals surface area (Å²) in [6, 6.07) is 13.1. The molecule has 1 amide bonds. The van der Waals surface area contributed by atoms with Crippen molar-refractivity contribution in [1.82, 2.24) is 9.99 Å². The third-order valence-electron chi connectivity index (χ3n) is 4.10. The van der Waals surface area contributed by atoms with Crippen LogP contribution in [0.4, 0.5) is 0 Å². The van der Waals surface area contributed by atoms with Crippen LogP contribution in [-0.4, -0.2) is 21.6 Å². The van der Waals surface area contributed by atoms with Crippen LogP contribution in [0.25, 0.3) is 10.9 Å². The monoisotopic (exact) mass is 339 g/mol. The predicted octanol–water partition coefficient (Wildman–Crippen LogP) is 4.18. The lowest BCUT2D eigenvalue weighted by atomic mass is 10.0. The number of carbonyl (C=O) groups excluding carboxylic acids is 1. The smallest absolute Gasteiger partial charge is 0.240 e. The van der Waals surface area contributed by atoms with Gasteiger partial charge in [0.25, 0.3) is 0 Å². The average Bonchev–Trinajstić information content (AvgIpc) is 3.23. The Kier molecular flexibility index (Phi) is 3.58. The number of hydrogen-bond acceptors (Lipinski definition) is 4. The number of furan rings is 1. The van der Waals surface area contributed by atoms with Gasteiger partial charge in [0.1, 0.15) is 16.6 Å². The van der Waals surface area contributed by atoms with Gasteiger partial charge in [-0.25, -0.2) is 9.99 Å². The molecule has 1 aliphatic rings. The first kappa shape index (κ1) is 14.9. The number of rotatable bonds is 2. The third-order valence-corrected chi connectivity index (χ3v) is 4.40. The molecule has 2 aromatic heterocycles. The lowest BCUT2D eigenvalue weighted by Crippen LogP contribution is -2.24. The van der Waals surface area contributed by atoms with E-state index < -0.39 is 0 Å². The Morgan fingerprint density at radius 3 is 2.88 bits per heavy atom. The normalized spacial score (nSPS) is 17.3. The van der Waals surface area contributed by atoms with E-state index in [9.17, 15) is 4.79 Å². The molecule has 0 N–H and O–H groups in total. The minimum Gasteiger partial charge on any atom is -0.463 e. The Hall–Kier alpha value is -2.66. The Morgan fingerprint density at radius 2 is 2.12 bits per heavy atom. The highest BCUT2D eigenvalue weighted by molar-refractivity contribution is 6.30. The van der Waals surface area contributed by atoms with Gasteiger partial charge in [-0.1, -0.05) is 29.8 Å². The van der Waals surface area contributed by atoms with Crippen LogP contribution in [0.15, 0.2) is 58.2 Å². The average molecular weight is 340 g/mol. The summed E-state index contributed by atoms with van der Waals surface area (Å²) in [6.07, 6.45) is 2.13. The Morgan fingerprint density at radius 1 is 1.29 bits per heavy atom. The maximum atomic E-state index is 12.0. The van der Waals surface area contributed by atoms with Crippen molar-refractivity contribution >= 4 is 34.1 Å². The zero-order chi connectivity index (χ0) is 16.7. The van der Waals surface area contributed by atoms with Crippen LogP contribution in [0.1, 0.15) is 30.7 Å².